The monoisotopic (exact) mass is 312 g/mol. The van der Waals surface area contributed by atoms with Gasteiger partial charge in [-0.25, -0.2) is 4.39 Å². The molecule has 1 aliphatic heterocycles. The number of carbonyl (C=O) groups is 1. The zero-order valence-electron chi connectivity index (χ0n) is 13.2. The van der Waals surface area contributed by atoms with Gasteiger partial charge in [0.2, 0.25) is 5.91 Å². The van der Waals surface area contributed by atoms with E-state index in [1.807, 2.05) is 25.2 Å². The van der Waals surface area contributed by atoms with Crippen molar-refractivity contribution in [2.75, 3.05) is 20.1 Å². The Balaban J connectivity index is 1.66. The zero-order valence-corrected chi connectivity index (χ0v) is 13.2. The second kappa shape index (κ2) is 6.92. The first-order chi connectivity index (χ1) is 11.1. The Hall–Kier alpha value is -2.20. The maximum Gasteiger partial charge on any atom is 0.225 e. The SMILES string of the molecule is CN1C[C@H](c2ccccc2)[C@H](C(=O)NCc2ccc(F)cc2)C1. The van der Waals surface area contributed by atoms with Gasteiger partial charge in [0.05, 0.1) is 5.92 Å². The number of nitrogens with zero attached hydrogens (tertiary/aromatic N) is 1. The Morgan fingerprint density at radius 2 is 1.83 bits per heavy atom. The zero-order chi connectivity index (χ0) is 16.2. The summed E-state index contributed by atoms with van der Waals surface area (Å²) < 4.78 is 12.9. The average Bonchev–Trinajstić information content (AvgIpc) is 2.97. The summed E-state index contributed by atoms with van der Waals surface area (Å²) in [6, 6.07) is 16.4. The largest absolute Gasteiger partial charge is 0.352 e. The smallest absolute Gasteiger partial charge is 0.225 e. The molecule has 2 atom stereocenters. The number of hydrogen-bond donors (Lipinski definition) is 1. The Morgan fingerprint density at radius 3 is 2.52 bits per heavy atom. The molecular formula is C19H21FN2O. The van der Waals surface area contributed by atoms with Crippen LogP contribution >= 0.6 is 0 Å². The third kappa shape index (κ3) is 3.77. The van der Waals surface area contributed by atoms with Crippen LogP contribution in [-0.2, 0) is 11.3 Å². The molecular weight excluding hydrogens is 291 g/mol. The Labute approximate surface area is 136 Å². The number of benzene rings is 2. The van der Waals surface area contributed by atoms with Crippen LogP contribution in [0, 0.1) is 11.7 Å². The highest BCUT2D eigenvalue weighted by atomic mass is 19.1. The van der Waals surface area contributed by atoms with Gasteiger partial charge < -0.3 is 10.2 Å². The first-order valence-electron chi connectivity index (χ1n) is 7.89. The summed E-state index contributed by atoms with van der Waals surface area (Å²) in [6.07, 6.45) is 0. The van der Waals surface area contributed by atoms with Gasteiger partial charge in [0.15, 0.2) is 0 Å². The van der Waals surface area contributed by atoms with Crippen molar-refractivity contribution in [1.82, 2.24) is 10.2 Å². The standard InChI is InChI=1S/C19H21FN2O/c1-22-12-17(15-5-3-2-4-6-15)18(13-22)19(23)21-11-14-7-9-16(20)10-8-14/h2-10,17-18H,11-13H2,1H3,(H,21,23)/t17-,18-/m1/s1. The maximum absolute atomic E-state index is 12.9. The number of likely N-dealkylation sites (tertiary alicyclic amines) is 1. The molecule has 3 nitrogen and oxygen atoms in total. The fourth-order valence-electron chi connectivity index (χ4n) is 3.23. The van der Waals surface area contributed by atoms with E-state index in [2.05, 4.69) is 22.3 Å². The van der Waals surface area contributed by atoms with Crippen LogP contribution in [0.5, 0.6) is 0 Å². The molecule has 0 bridgehead atoms. The third-order valence-electron chi connectivity index (χ3n) is 4.45. The minimum Gasteiger partial charge on any atom is -0.352 e. The number of amides is 1. The highest BCUT2D eigenvalue weighted by molar-refractivity contribution is 5.80. The maximum atomic E-state index is 12.9. The Kier molecular flexibility index (Phi) is 4.72. The first kappa shape index (κ1) is 15.7. The second-order valence-electron chi connectivity index (χ2n) is 6.19. The van der Waals surface area contributed by atoms with Gasteiger partial charge in [-0.3, -0.25) is 4.79 Å². The Morgan fingerprint density at radius 1 is 1.13 bits per heavy atom. The molecule has 1 fully saturated rings. The molecule has 2 aromatic rings. The van der Waals surface area contributed by atoms with Gasteiger partial charge in [0.25, 0.3) is 0 Å². The van der Waals surface area contributed by atoms with Gasteiger partial charge >= 0.3 is 0 Å². The fourth-order valence-corrected chi connectivity index (χ4v) is 3.23. The molecule has 120 valence electrons. The van der Waals surface area contributed by atoms with Crippen molar-refractivity contribution in [3.63, 3.8) is 0 Å². The number of hydrogen-bond acceptors (Lipinski definition) is 2. The molecule has 1 saturated heterocycles. The Bertz CT molecular complexity index is 657. The summed E-state index contributed by atoms with van der Waals surface area (Å²) in [5.41, 5.74) is 2.11. The summed E-state index contributed by atoms with van der Waals surface area (Å²) in [4.78, 5) is 14.8. The number of halogens is 1. The van der Waals surface area contributed by atoms with Crippen LogP contribution < -0.4 is 5.32 Å². The van der Waals surface area contributed by atoms with Crippen LogP contribution in [0.15, 0.2) is 54.6 Å². The van der Waals surface area contributed by atoms with Gasteiger partial charge in [-0.15, -0.1) is 0 Å². The van der Waals surface area contributed by atoms with Crippen LogP contribution in [0.1, 0.15) is 17.0 Å². The molecule has 0 aliphatic carbocycles. The van der Waals surface area contributed by atoms with Gasteiger partial charge in [-0.05, 0) is 30.3 Å². The third-order valence-corrected chi connectivity index (χ3v) is 4.45. The molecule has 3 rings (SSSR count). The van der Waals surface area contributed by atoms with E-state index in [0.29, 0.717) is 6.54 Å². The van der Waals surface area contributed by atoms with E-state index in [0.717, 1.165) is 18.7 Å². The van der Waals surface area contributed by atoms with Crippen molar-refractivity contribution < 1.29 is 9.18 Å². The molecule has 1 N–H and O–H groups in total. The van der Waals surface area contributed by atoms with Gasteiger partial charge in [0, 0.05) is 25.6 Å². The van der Waals surface area contributed by atoms with Crippen molar-refractivity contribution in [1.29, 1.82) is 0 Å². The molecule has 2 aromatic carbocycles. The highest BCUT2D eigenvalue weighted by Gasteiger charge is 2.36. The first-order valence-corrected chi connectivity index (χ1v) is 7.89. The average molecular weight is 312 g/mol. The molecule has 0 radical (unpaired) electrons. The number of carbonyl (C=O) groups excluding carboxylic acids is 1. The van der Waals surface area contributed by atoms with E-state index in [1.165, 1.54) is 17.7 Å². The van der Waals surface area contributed by atoms with Crippen molar-refractivity contribution in [3.8, 4) is 0 Å². The number of nitrogens with one attached hydrogen (secondary N) is 1. The summed E-state index contributed by atoms with van der Waals surface area (Å²) in [5.74, 6) is -0.0357. The predicted octanol–water partition coefficient (Wildman–Crippen LogP) is 2.79. The molecule has 0 unspecified atom stereocenters. The molecule has 1 heterocycles. The normalized spacial score (nSPS) is 21.3. The number of rotatable bonds is 4. The summed E-state index contributed by atoms with van der Waals surface area (Å²) in [5, 5.41) is 2.99. The van der Waals surface area contributed by atoms with E-state index in [4.69, 9.17) is 0 Å². The van der Waals surface area contributed by atoms with Crippen LogP contribution in [0.2, 0.25) is 0 Å². The molecule has 0 spiro atoms. The number of likely N-dealkylation sites (N-methyl/N-ethyl adjacent to an activating group) is 1. The topological polar surface area (TPSA) is 32.3 Å². The lowest BCUT2D eigenvalue weighted by molar-refractivity contribution is -0.125. The quantitative estimate of drug-likeness (QED) is 0.941. The molecule has 1 aliphatic rings. The predicted molar refractivity (Wildman–Crippen MR) is 88.4 cm³/mol. The highest BCUT2D eigenvalue weighted by Crippen LogP contribution is 2.32. The lowest BCUT2D eigenvalue weighted by atomic mass is 9.88. The van der Waals surface area contributed by atoms with E-state index in [-0.39, 0.29) is 23.6 Å². The van der Waals surface area contributed by atoms with Crippen LogP contribution in [0.25, 0.3) is 0 Å². The second-order valence-corrected chi connectivity index (χ2v) is 6.19. The molecule has 23 heavy (non-hydrogen) atoms. The molecule has 0 saturated carbocycles. The molecule has 1 amide bonds. The van der Waals surface area contributed by atoms with Crippen LogP contribution in [-0.4, -0.2) is 30.9 Å². The summed E-state index contributed by atoms with van der Waals surface area (Å²) >= 11 is 0. The minimum atomic E-state index is -0.262. The van der Waals surface area contributed by atoms with E-state index < -0.39 is 0 Å². The van der Waals surface area contributed by atoms with Gasteiger partial charge in [-0.2, -0.15) is 0 Å². The van der Waals surface area contributed by atoms with Crippen LogP contribution in [0.4, 0.5) is 4.39 Å². The van der Waals surface area contributed by atoms with E-state index in [9.17, 15) is 9.18 Å². The lowest BCUT2D eigenvalue weighted by Gasteiger charge is -2.18. The van der Waals surface area contributed by atoms with Gasteiger partial charge in [-0.1, -0.05) is 42.5 Å². The van der Waals surface area contributed by atoms with Crippen molar-refractivity contribution in [2.45, 2.75) is 12.5 Å². The summed E-state index contributed by atoms with van der Waals surface area (Å²) in [6.45, 7) is 2.08. The molecule has 4 heteroatoms. The summed E-state index contributed by atoms with van der Waals surface area (Å²) in [7, 11) is 2.04. The molecule has 0 aromatic heterocycles. The minimum absolute atomic E-state index is 0.0529. The van der Waals surface area contributed by atoms with E-state index >= 15 is 0 Å². The van der Waals surface area contributed by atoms with Crippen LogP contribution in [0.3, 0.4) is 0 Å². The van der Waals surface area contributed by atoms with E-state index in [1.54, 1.807) is 12.1 Å². The van der Waals surface area contributed by atoms with Crippen molar-refractivity contribution in [2.24, 2.45) is 5.92 Å². The van der Waals surface area contributed by atoms with Crippen molar-refractivity contribution >= 4 is 5.91 Å². The lowest BCUT2D eigenvalue weighted by Crippen LogP contribution is -2.34. The van der Waals surface area contributed by atoms with Gasteiger partial charge in [0.1, 0.15) is 5.82 Å². The fraction of sp³-hybridized carbons (Fsp3) is 0.316. The van der Waals surface area contributed by atoms with Crippen molar-refractivity contribution in [3.05, 3.63) is 71.5 Å².